The van der Waals surface area contributed by atoms with Gasteiger partial charge < -0.3 is 10.1 Å². The van der Waals surface area contributed by atoms with Crippen LogP contribution in [0, 0.1) is 11.6 Å². The van der Waals surface area contributed by atoms with Crippen LogP contribution < -0.4 is 5.32 Å². The number of carbonyl (C=O) groups excluding carboxylic acids is 2. The van der Waals surface area contributed by atoms with Gasteiger partial charge in [0.05, 0.1) is 19.2 Å². The van der Waals surface area contributed by atoms with Crippen molar-refractivity contribution < 1.29 is 23.1 Å². The average Bonchev–Trinajstić information content (AvgIpc) is 2.85. The van der Waals surface area contributed by atoms with Crippen molar-refractivity contribution in [3.63, 3.8) is 0 Å². The minimum atomic E-state index is -0.858. The third-order valence-electron chi connectivity index (χ3n) is 3.39. The van der Waals surface area contributed by atoms with Gasteiger partial charge in [-0.1, -0.05) is 6.07 Å². The summed E-state index contributed by atoms with van der Waals surface area (Å²) >= 11 is 0. The molecule has 1 fully saturated rings. The lowest BCUT2D eigenvalue weighted by Crippen LogP contribution is -2.38. The molecule has 0 aromatic heterocycles. The van der Waals surface area contributed by atoms with Gasteiger partial charge in [0.2, 0.25) is 0 Å². The van der Waals surface area contributed by atoms with Crippen LogP contribution >= 0.6 is 0 Å². The van der Waals surface area contributed by atoms with E-state index in [1.165, 1.54) is 13.2 Å². The molecule has 7 heteroatoms. The number of ether oxygens (including phenoxy) is 1. The number of ketones is 1. The van der Waals surface area contributed by atoms with Gasteiger partial charge >= 0.3 is 6.09 Å². The van der Waals surface area contributed by atoms with Crippen molar-refractivity contribution in [3.05, 3.63) is 35.4 Å². The Bertz CT molecular complexity index is 531. The largest absolute Gasteiger partial charge is 0.453 e. The summed E-state index contributed by atoms with van der Waals surface area (Å²) < 4.78 is 31.5. The highest BCUT2D eigenvalue weighted by Gasteiger charge is 2.27. The molecule has 1 N–H and O–H groups in total. The predicted octanol–water partition coefficient (Wildman–Crippen LogP) is 1.58. The van der Waals surface area contributed by atoms with Gasteiger partial charge in [0.15, 0.2) is 5.78 Å². The minimum absolute atomic E-state index is 0.0861. The molecule has 1 aromatic rings. The van der Waals surface area contributed by atoms with Gasteiger partial charge in [-0.25, -0.2) is 13.6 Å². The molecule has 1 aliphatic heterocycles. The van der Waals surface area contributed by atoms with Crippen molar-refractivity contribution in [2.75, 3.05) is 26.7 Å². The molecule has 114 valence electrons. The van der Waals surface area contributed by atoms with Crippen LogP contribution in [0.3, 0.4) is 0 Å². The highest BCUT2D eigenvalue weighted by molar-refractivity contribution is 5.98. The Labute approximate surface area is 120 Å². The molecule has 1 amide bonds. The number of nitrogens with zero attached hydrogens (tertiary/aromatic N) is 1. The zero-order valence-corrected chi connectivity index (χ0v) is 11.6. The lowest BCUT2D eigenvalue weighted by Gasteiger charge is -2.16. The Morgan fingerprint density at radius 3 is 2.67 bits per heavy atom. The molecule has 1 atom stereocenters. The Balaban J connectivity index is 1.94. The molecule has 2 rings (SSSR count). The fourth-order valence-electron chi connectivity index (χ4n) is 2.37. The second-order valence-corrected chi connectivity index (χ2v) is 4.88. The smallest absolute Gasteiger partial charge is 0.407 e. The van der Waals surface area contributed by atoms with Crippen LogP contribution in [0.15, 0.2) is 18.2 Å². The van der Waals surface area contributed by atoms with Crippen LogP contribution in [0.25, 0.3) is 0 Å². The van der Waals surface area contributed by atoms with E-state index in [9.17, 15) is 18.4 Å². The van der Waals surface area contributed by atoms with Crippen LogP contribution in [0.2, 0.25) is 0 Å². The molecule has 21 heavy (non-hydrogen) atoms. The average molecular weight is 298 g/mol. The van der Waals surface area contributed by atoms with E-state index >= 15 is 0 Å². The van der Waals surface area contributed by atoms with Gasteiger partial charge in [0.1, 0.15) is 11.6 Å². The van der Waals surface area contributed by atoms with E-state index in [2.05, 4.69) is 10.1 Å². The lowest BCUT2D eigenvalue weighted by atomic mass is 10.1. The summed E-state index contributed by atoms with van der Waals surface area (Å²) in [5, 5.41) is 2.63. The maximum absolute atomic E-state index is 13.5. The van der Waals surface area contributed by atoms with E-state index in [1.807, 2.05) is 0 Å². The Morgan fingerprint density at radius 2 is 2.05 bits per heavy atom. The molecule has 0 radical (unpaired) electrons. The first kappa shape index (κ1) is 15.4. The maximum atomic E-state index is 13.5. The van der Waals surface area contributed by atoms with Crippen molar-refractivity contribution in [3.8, 4) is 0 Å². The predicted molar refractivity (Wildman–Crippen MR) is 71.1 cm³/mol. The maximum Gasteiger partial charge on any atom is 0.407 e. The van der Waals surface area contributed by atoms with E-state index in [1.54, 1.807) is 4.90 Å². The summed E-state index contributed by atoms with van der Waals surface area (Å²) in [6.07, 6.45) is 0.121. The fraction of sp³-hybridized carbons (Fsp3) is 0.429. The number of hydrogen-bond donors (Lipinski definition) is 1. The first-order chi connectivity index (χ1) is 10.0. The molecule has 1 heterocycles. The zero-order valence-electron chi connectivity index (χ0n) is 11.6. The third kappa shape index (κ3) is 3.75. The summed E-state index contributed by atoms with van der Waals surface area (Å²) in [5.41, 5.74) is -0.512. The summed E-state index contributed by atoms with van der Waals surface area (Å²) in [6.45, 7) is 0.921. The van der Waals surface area contributed by atoms with Crippen molar-refractivity contribution >= 4 is 11.9 Å². The van der Waals surface area contributed by atoms with E-state index < -0.39 is 29.1 Å². The van der Waals surface area contributed by atoms with Crippen LogP contribution in [0.4, 0.5) is 13.6 Å². The number of rotatable bonds is 4. The van der Waals surface area contributed by atoms with Gasteiger partial charge in [-0.3, -0.25) is 9.69 Å². The van der Waals surface area contributed by atoms with Crippen molar-refractivity contribution in [2.24, 2.45) is 0 Å². The molecule has 1 unspecified atom stereocenters. The molecule has 5 nitrogen and oxygen atoms in total. The molecule has 0 aliphatic carbocycles. The standard InChI is InChI=1S/C14H16F2N2O3/c1-21-14(20)17-9-5-6-18(7-9)8-12(19)13-10(15)3-2-4-11(13)16/h2-4,9H,5-8H2,1H3,(H,17,20). The monoisotopic (exact) mass is 298 g/mol. The number of amides is 1. The molecule has 0 spiro atoms. The van der Waals surface area contributed by atoms with E-state index in [4.69, 9.17) is 0 Å². The van der Waals surface area contributed by atoms with Gasteiger partial charge in [0, 0.05) is 19.1 Å². The molecule has 1 aliphatic rings. The molecular formula is C14H16F2N2O3. The first-order valence-electron chi connectivity index (χ1n) is 6.55. The van der Waals surface area contributed by atoms with Crippen LogP contribution in [0.5, 0.6) is 0 Å². The number of halogens is 2. The van der Waals surface area contributed by atoms with Gasteiger partial charge in [-0.05, 0) is 18.6 Å². The SMILES string of the molecule is COC(=O)NC1CCN(CC(=O)c2c(F)cccc2F)C1. The number of likely N-dealkylation sites (tertiary alicyclic amines) is 1. The quantitative estimate of drug-likeness (QED) is 0.857. The number of nitrogens with one attached hydrogen (secondary N) is 1. The normalized spacial score (nSPS) is 18.5. The van der Waals surface area contributed by atoms with Crippen LogP contribution in [0.1, 0.15) is 16.8 Å². The lowest BCUT2D eigenvalue weighted by molar-refractivity contribution is 0.0936. The van der Waals surface area contributed by atoms with Crippen LogP contribution in [-0.2, 0) is 4.74 Å². The summed E-state index contributed by atoms with van der Waals surface area (Å²) in [6, 6.07) is 3.20. The summed E-state index contributed by atoms with van der Waals surface area (Å²) in [5.74, 6) is -2.32. The number of hydrogen-bond acceptors (Lipinski definition) is 4. The number of Topliss-reactive ketones (excluding diaryl/α,β-unsaturated/α-hetero) is 1. The second kappa shape index (κ2) is 6.62. The molecule has 0 bridgehead atoms. The Kier molecular flexibility index (Phi) is 4.85. The topological polar surface area (TPSA) is 58.6 Å². The van der Waals surface area contributed by atoms with Crippen LogP contribution in [-0.4, -0.2) is 49.6 Å². The highest BCUT2D eigenvalue weighted by Crippen LogP contribution is 2.15. The van der Waals surface area contributed by atoms with E-state index in [0.717, 1.165) is 12.1 Å². The highest BCUT2D eigenvalue weighted by atomic mass is 19.1. The molecule has 1 aromatic carbocycles. The molecule has 0 saturated carbocycles. The summed E-state index contributed by atoms with van der Waals surface area (Å²) in [7, 11) is 1.27. The number of methoxy groups -OCH3 is 1. The van der Waals surface area contributed by atoms with E-state index in [0.29, 0.717) is 19.5 Å². The van der Waals surface area contributed by atoms with Gasteiger partial charge in [-0.15, -0.1) is 0 Å². The first-order valence-corrected chi connectivity index (χ1v) is 6.55. The summed E-state index contributed by atoms with van der Waals surface area (Å²) in [4.78, 5) is 24.8. The Morgan fingerprint density at radius 1 is 1.38 bits per heavy atom. The fourth-order valence-corrected chi connectivity index (χ4v) is 2.37. The minimum Gasteiger partial charge on any atom is -0.453 e. The number of alkyl carbamates (subject to hydrolysis) is 1. The Hall–Kier alpha value is -2.02. The number of benzene rings is 1. The molecular weight excluding hydrogens is 282 g/mol. The van der Waals surface area contributed by atoms with E-state index in [-0.39, 0.29) is 12.6 Å². The van der Waals surface area contributed by atoms with Gasteiger partial charge in [-0.2, -0.15) is 0 Å². The second-order valence-electron chi connectivity index (χ2n) is 4.88. The van der Waals surface area contributed by atoms with Crippen molar-refractivity contribution in [2.45, 2.75) is 12.5 Å². The zero-order chi connectivity index (χ0) is 15.4. The van der Waals surface area contributed by atoms with Crippen molar-refractivity contribution in [1.29, 1.82) is 0 Å². The number of carbonyl (C=O) groups is 2. The van der Waals surface area contributed by atoms with Gasteiger partial charge in [0.25, 0.3) is 0 Å². The van der Waals surface area contributed by atoms with Crippen molar-refractivity contribution in [1.82, 2.24) is 10.2 Å². The third-order valence-corrected chi connectivity index (χ3v) is 3.39. The molecule has 1 saturated heterocycles.